The van der Waals surface area contributed by atoms with Crippen molar-refractivity contribution in [1.29, 1.82) is 0 Å². The molecule has 0 aromatic heterocycles. The van der Waals surface area contributed by atoms with Gasteiger partial charge in [-0.15, -0.1) is 0 Å². The Kier molecular flexibility index (Phi) is 20.1. The normalized spacial score (nSPS) is 10.7. The molecule has 0 fully saturated rings. The molecule has 0 aromatic rings. The van der Waals surface area contributed by atoms with Crippen LogP contribution in [0, 0.1) is 0 Å². The van der Waals surface area contributed by atoms with E-state index in [-0.39, 0.29) is 11.9 Å². The van der Waals surface area contributed by atoms with Gasteiger partial charge in [0.25, 0.3) is 0 Å². The van der Waals surface area contributed by atoms with E-state index in [4.69, 9.17) is 9.47 Å². The SMILES string of the molecule is CCOC(=O)CCCCNCCNCCNCCNCCCC(=O)OCC. The number of esters is 2. The summed E-state index contributed by atoms with van der Waals surface area (Å²) < 4.78 is 9.76. The first-order valence-electron chi connectivity index (χ1n) is 10.3. The zero-order chi connectivity index (χ0) is 20.0. The van der Waals surface area contributed by atoms with Crippen LogP contribution < -0.4 is 21.3 Å². The number of hydrogen-bond donors (Lipinski definition) is 4. The Morgan fingerprint density at radius 2 is 0.926 bits per heavy atom. The highest BCUT2D eigenvalue weighted by Gasteiger charge is 2.01. The predicted molar refractivity (Wildman–Crippen MR) is 108 cm³/mol. The fourth-order valence-electron chi connectivity index (χ4n) is 2.37. The molecule has 0 aliphatic heterocycles. The second kappa shape index (κ2) is 21.1. The molecular formula is C19H40N4O4. The third-order valence-electron chi connectivity index (χ3n) is 3.77. The molecule has 4 N–H and O–H groups in total. The Balaban J connectivity index is 3.09. The van der Waals surface area contributed by atoms with Crippen LogP contribution in [0.2, 0.25) is 0 Å². The molecule has 8 nitrogen and oxygen atoms in total. The molecule has 0 aliphatic carbocycles. The fraction of sp³-hybridized carbons (Fsp3) is 0.895. The highest BCUT2D eigenvalue weighted by Crippen LogP contribution is 1.96. The molecule has 0 radical (unpaired) electrons. The van der Waals surface area contributed by atoms with E-state index in [1.807, 2.05) is 13.8 Å². The lowest BCUT2D eigenvalue weighted by molar-refractivity contribution is -0.144. The third-order valence-corrected chi connectivity index (χ3v) is 3.77. The van der Waals surface area contributed by atoms with Crippen LogP contribution in [-0.4, -0.2) is 77.5 Å². The van der Waals surface area contributed by atoms with E-state index in [2.05, 4.69) is 21.3 Å². The number of carbonyl (C=O) groups is 2. The Bertz CT molecular complexity index is 325. The zero-order valence-corrected chi connectivity index (χ0v) is 17.2. The van der Waals surface area contributed by atoms with Crippen LogP contribution in [0.25, 0.3) is 0 Å². The standard InChI is InChI=1S/C19H40N4O4/c1-3-26-18(24)8-5-6-10-20-12-14-22-16-17-23-15-13-21-11-7-9-19(25)27-4-2/h20-23H,3-17H2,1-2H3. The van der Waals surface area contributed by atoms with Gasteiger partial charge in [0.05, 0.1) is 13.2 Å². The Hall–Kier alpha value is -1.22. The summed E-state index contributed by atoms with van der Waals surface area (Å²) in [4.78, 5) is 22.3. The maximum absolute atomic E-state index is 11.2. The third kappa shape index (κ3) is 20.9. The van der Waals surface area contributed by atoms with Gasteiger partial charge in [-0.25, -0.2) is 0 Å². The summed E-state index contributed by atoms with van der Waals surface area (Å²) in [5.74, 6) is -0.215. The lowest BCUT2D eigenvalue weighted by Gasteiger charge is -2.08. The molecule has 0 spiro atoms. The minimum absolute atomic E-state index is 0.0986. The fourth-order valence-corrected chi connectivity index (χ4v) is 2.37. The minimum atomic E-state index is -0.116. The lowest BCUT2D eigenvalue weighted by Crippen LogP contribution is -2.35. The lowest BCUT2D eigenvalue weighted by atomic mass is 10.2. The maximum atomic E-state index is 11.2. The van der Waals surface area contributed by atoms with E-state index in [1.165, 1.54) is 0 Å². The Labute approximate surface area is 164 Å². The van der Waals surface area contributed by atoms with Crippen molar-refractivity contribution in [2.24, 2.45) is 0 Å². The van der Waals surface area contributed by atoms with Crippen molar-refractivity contribution in [3.8, 4) is 0 Å². The van der Waals surface area contributed by atoms with Gasteiger partial charge in [-0.1, -0.05) is 0 Å². The van der Waals surface area contributed by atoms with Crippen LogP contribution in [0.5, 0.6) is 0 Å². The van der Waals surface area contributed by atoms with Gasteiger partial charge in [0.15, 0.2) is 0 Å². The molecule has 0 unspecified atom stereocenters. The predicted octanol–water partition coefficient (Wildman–Crippen LogP) is 0.422. The Morgan fingerprint density at radius 3 is 1.37 bits per heavy atom. The van der Waals surface area contributed by atoms with Gasteiger partial charge < -0.3 is 30.7 Å². The second-order valence-corrected chi connectivity index (χ2v) is 6.17. The van der Waals surface area contributed by atoms with Crippen LogP contribution in [-0.2, 0) is 19.1 Å². The topological polar surface area (TPSA) is 101 Å². The van der Waals surface area contributed by atoms with Gasteiger partial charge in [-0.3, -0.25) is 9.59 Å². The van der Waals surface area contributed by atoms with Crippen molar-refractivity contribution in [3.05, 3.63) is 0 Å². The van der Waals surface area contributed by atoms with Crippen LogP contribution in [0.1, 0.15) is 46.0 Å². The van der Waals surface area contributed by atoms with Gasteiger partial charge in [0, 0.05) is 52.1 Å². The second-order valence-electron chi connectivity index (χ2n) is 6.17. The molecule has 0 amide bonds. The highest BCUT2D eigenvalue weighted by molar-refractivity contribution is 5.69. The van der Waals surface area contributed by atoms with E-state index in [9.17, 15) is 9.59 Å². The van der Waals surface area contributed by atoms with Crippen LogP contribution >= 0.6 is 0 Å². The summed E-state index contributed by atoms with van der Waals surface area (Å²) >= 11 is 0. The van der Waals surface area contributed by atoms with E-state index in [1.54, 1.807) is 0 Å². The van der Waals surface area contributed by atoms with Crippen molar-refractivity contribution >= 4 is 11.9 Å². The molecule has 27 heavy (non-hydrogen) atoms. The van der Waals surface area contributed by atoms with Crippen molar-refractivity contribution in [2.75, 3.05) is 65.6 Å². The molecule has 0 aliphatic rings. The average molecular weight is 389 g/mol. The van der Waals surface area contributed by atoms with Gasteiger partial charge in [-0.2, -0.15) is 0 Å². The highest BCUT2D eigenvalue weighted by atomic mass is 16.5. The molecule has 8 heteroatoms. The van der Waals surface area contributed by atoms with Crippen molar-refractivity contribution in [2.45, 2.75) is 46.0 Å². The zero-order valence-electron chi connectivity index (χ0n) is 17.2. The number of carbonyl (C=O) groups excluding carboxylic acids is 2. The number of rotatable bonds is 20. The molecular weight excluding hydrogens is 348 g/mol. The maximum Gasteiger partial charge on any atom is 0.305 e. The molecule has 0 atom stereocenters. The monoisotopic (exact) mass is 388 g/mol. The molecule has 0 saturated carbocycles. The summed E-state index contributed by atoms with van der Waals surface area (Å²) in [5.41, 5.74) is 0. The first-order valence-corrected chi connectivity index (χ1v) is 10.3. The molecule has 0 rings (SSSR count). The van der Waals surface area contributed by atoms with Gasteiger partial charge in [0.2, 0.25) is 0 Å². The summed E-state index contributed by atoms with van der Waals surface area (Å²) in [5, 5.41) is 13.4. The molecule has 0 bridgehead atoms. The van der Waals surface area contributed by atoms with Crippen molar-refractivity contribution in [1.82, 2.24) is 21.3 Å². The summed E-state index contributed by atoms with van der Waals surface area (Å²) in [6.45, 7) is 11.9. The number of ether oxygens (including phenoxy) is 2. The number of hydrogen-bond acceptors (Lipinski definition) is 8. The first-order chi connectivity index (χ1) is 13.2. The first kappa shape index (κ1) is 25.8. The summed E-state index contributed by atoms with van der Waals surface area (Å²) in [7, 11) is 0. The van der Waals surface area contributed by atoms with Crippen molar-refractivity contribution in [3.63, 3.8) is 0 Å². The van der Waals surface area contributed by atoms with Crippen LogP contribution in [0.3, 0.4) is 0 Å². The van der Waals surface area contributed by atoms with Gasteiger partial charge in [0.1, 0.15) is 0 Å². The molecule has 0 heterocycles. The Morgan fingerprint density at radius 1 is 0.556 bits per heavy atom. The quantitative estimate of drug-likeness (QED) is 0.176. The molecule has 0 aromatic carbocycles. The summed E-state index contributed by atoms with van der Waals surface area (Å²) in [6, 6.07) is 0. The van der Waals surface area contributed by atoms with Gasteiger partial charge in [-0.05, 0) is 46.2 Å². The minimum Gasteiger partial charge on any atom is -0.466 e. The van der Waals surface area contributed by atoms with E-state index < -0.39 is 0 Å². The van der Waals surface area contributed by atoms with Crippen molar-refractivity contribution < 1.29 is 19.1 Å². The van der Waals surface area contributed by atoms with E-state index in [0.717, 1.165) is 71.6 Å². The van der Waals surface area contributed by atoms with Gasteiger partial charge >= 0.3 is 11.9 Å². The van der Waals surface area contributed by atoms with E-state index >= 15 is 0 Å². The number of nitrogens with one attached hydrogen (secondary N) is 4. The average Bonchev–Trinajstić information content (AvgIpc) is 2.64. The van der Waals surface area contributed by atoms with Crippen LogP contribution in [0.4, 0.5) is 0 Å². The summed E-state index contributed by atoms with van der Waals surface area (Å²) in [6.07, 6.45) is 3.68. The van der Waals surface area contributed by atoms with Crippen LogP contribution in [0.15, 0.2) is 0 Å². The molecule has 160 valence electrons. The van der Waals surface area contributed by atoms with E-state index in [0.29, 0.717) is 26.1 Å². The largest absolute Gasteiger partial charge is 0.466 e. The smallest absolute Gasteiger partial charge is 0.305 e. The molecule has 0 saturated heterocycles. The number of unbranched alkanes of at least 4 members (excludes halogenated alkanes) is 1.